The van der Waals surface area contributed by atoms with Crippen molar-refractivity contribution in [2.45, 2.75) is 6.42 Å². The second-order valence-electron chi connectivity index (χ2n) is 5.51. The zero-order chi connectivity index (χ0) is 18.4. The molecule has 0 fully saturated rings. The number of ether oxygens (including phenoxy) is 2. The summed E-state index contributed by atoms with van der Waals surface area (Å²) in [6.07, 6.45) is 1.75. The van der Waals surface area contributed by atoms with Crippen LogP contribution in [0, 0.1) is 5.82 Å². The lowest BCUT2D eigenvalue weighted by Gasteiger charge is -2.08. The number of rotatable bonds is 6. The minimum absolute atomic E-state index is 0.149. The predicted molar refractivity (Wildman–Crippen MR) is 96.0 cm³/mol. The van der Waals surface area contributed by atoms with Crippen LogP contribution in [0.2, 0.25) is 0 Å². The molecule has 1 N–H and O–H groups in total. The Hall–Kier alpha value is -3.41. The fraction of sp³-hybridized carbons (Fsp3) is 0.100. The normalized spacial score (nSPS) is 10.2. The van der Waals surface area contributed by atoms with Gasteiger partial charge >= 0.3 is 0 Å². The highest BCUT2D eigenvalue weighted by Gasteiger charge is 2.06. The van der Waals surface area contributed by atoms with E-state index < -0.39 is 0 Å². The minimum atomic E-state index is -0.333. The number of benzene rings is 2. The fourth-order valence-corrected chi connectivity index (χ4v) is 2.27. The molecular weight excluding hydrogens is 335 g/mol. The molecule has 3 rings (SSSR count). The second-order valence-corrected chi connectivity index (χ2v) is 5.51. The minimum Gasteiger partial charge on any atom is -0.497 e. The van der Waals surface area contributed by atoms with Gasteiger partial charge in [0.1, 0.15) is 17.3 Å². The van der Waals surface area contributed by atoms with Crippen molar-refractivity contribution in [1.82, 2.24) is 4.98 Å². The number of nitrogens with zero attached hydrogens (tertiary/aromatic N) is 1. The lowest BCUT2D eigenvalue weighted by atomic mass is 10.1. The molecule has 0 aliphatic carbocycles. The lowest BCUT2D eigenvalue weighted by Crippen LogP contribution is -2.14. The molecule has 0 spiro atoms. The Kier molecular flexibility index (Phi) is 5.43. The largest absolute Gasteiger partial charge is 0.497 e. The van der Waals surface area contributed by atoms with Crippen LogP contribution in [0.5, 0.6) is 17.4 Å². The molecule has 2 aromatic carbocycles. The van der Waals surface area contributed by atoms with Gasteiger partial charge in [-0.25, -0.2) is 9.37 Å². The molecule has 0 saturated heterocycles. The molecule has 0 saturated carbocycles. The predicted octanol–water partition coefficient (Wildman–Crippen LogP) is 4.20. The third kappa shape index (κ3) is 4.80. The molecule has 0 unspecified atom stereocenters. The number of aromatic nitrogens is 1. The molecular formula is C20H17FN2O3. The monoisotopic (exact) mass is 352 g/mol. The molecule has 1 amide bonds. The van der Waals surface area contributed by atoms with Crippen molar-refractivity contribution >= 4 is 11.6 Å². The molecule has 0 radical (unpaired) electrons. The standard InChI is InChI=1S/C20H17FN2O3/c1-25-17-7-2-14(3-8-17)12-19(24)23-16-6-11-20(22-13-16)26-18-9-4-15(21)5-10-18/h2-11,13H,12H2,1H3,(H,23,24). The van der Waals surface area contributed by atoms with Crippen molar-refractivity contribution in [3.05, 3.63) is 78.2 Å². The van der Waals surface area contributed by atoms with Gasteiger partial charge in [-0.1, -0.05) is 12.1 Å². The van der Waals surface area contributed by atoms with E-state index in [4.69, 9.17) is 9.47 Å². The molecule has 6 heteroatoms. The van der Waals surface area contributed by atoms with Crippen molar-refractivity contribution in [3.8, 4) is 17.4 Å². The van der Waals surface area contributed by atoms with E-state index in [0.29, 0.717) is 17.3 Å². The molecule has 5 nitrogen and oxygen atoms in total. The Morgan fingerprint density at radius 2 is 1.69 bits per heavy atom. The molecule has 3 aromatic rings. The molecule has 132 valence electrons. The van der Waals surface area contributed by atoms with Gasteiger partial charge in [-0.05, 0) is 48.0 Å². The zero-order valence-corrected chi connectivity index (χ0v) is 14.1. The lowest BCUT2D eigenvalue weighted by molar-refractivity contribution is -0.115. The number of hydrogen-bond donors (Lipinski definition) is 1. The molecule has 0 aliphatic heterocycles. The van der Waals surface area contributed by atoms with E-state index in [0.717, 1.165) is 11.3 Å². The summed E-state index contributed by atoms with van der Waals surface area (Å²) in [5, 5.41) is 2.78. The number of carbonyl (C=O) groups is 1. The van der Waals surface area contributed by atoms with E-state index in [2.05, 4.69) is 10.3 Å². The molecule has 1 aromatic heterocycles. The van der Waals surface area contributed by atoms with Crippen molar-refractivity contribution < 1.29 is 18.7 Å². The van der Waals surface area contributed by atoms with E-state index in [9.17, 15) is 9.18 Å². The molecule has 0 atom stereocenters. The maximum Gasteiger partial charge on any atom is 0.228 e. The highest BCUT2D eigenvalue weighted by atomic mass is 19.1. The van der Waals surface area contributed by atoms with Crippen molar-refractivity contribution in [1.29, 1.82) is 0 Å². The Morgan fingerprint density at radius 1 is 1.00 bits per heavy atom. The van der Waals surface area contributed by atoms with Crippen molar-refractivity contribution in [2.75, 3.05) is 12.4 Å². The first-order valence-corrected chi connectivity index (χ1v) is 7.94. The summed E-state index contributed by atoms with van der Waals surface area (Å²) in [5.41, 5.74) is 1.45. The van der Waals surface area contributed by atoms with Gasteiger partial charge < -0.3 is 14.8 Å². The van der Waals surface area contributed by atoms with Gasteiger partial charge in [-0.2, -0.15) is 0 Å². The third-order valence-electron chi connectivity index (χ3n) is 3.58. The first-order chi connectivity index (χ1) is 12.6. The van der Waals surface area contributed by atoms with Gasteiger partial charge in [0.15, 0.2) is 0 Å². The van der Waals surface area contributed by atoms with Gasteiger partial charge in [0.25, 0.3) is 0 Å². The van der Waals surface area contributed by atoms with E-state index in [1.54, 1.807) is 19.2 Å². The van der Waals surface area contributed by atoms with Crippen LogP contribution in [0.15, 0.2) is 66.9 Å². The van der Waals surface area contributed by atoms with E-state index in [1.807, 2.05) is 24.3 Å². The number of hydrogen-bond acceptors (Lipinski definition) is 4. The van der Waals surface area contributed by atoms with Gasteiger partial charge in [0.05, 0.1) is 25.4 Å². The number of carbonyl (C=O) groups excluding carboxylic acids is 1. The smallest absolute Gasteiger partial charge is 0.228 e. The summed E-state index contributed by atoms with van der Waals surface area (Å²) < 4.78 is 23.5. The molecule has 26 heavy (non-hydrogen) atoms. The topological polar surface area (TPSA) is 60.5 Å². The van der Waals surface area contributed by atoms with Crippen LogP contribution in [0.3, 0.4) is 0 Å². The first-order valence-electron chi connectivity index (χ1n) is 7.94. The van der Waals surface area contributed by atoms with Gasteiger partial charge in [0.2, 0.25) is 11.8 Å². The summed E-state index contributed by atoms with van der Waals surface area (Å²) in [6.45, 7) is 0. The van der Waals surface area contributed by atoms with Gasteiger partial charge in [0, 0.05) is 6.07 Å². The van der Waals surface area contributed by atoms with Crippen LogP contribution in [0.1, 0.15) is 5.56 Å². The fourth-order valence-electron chi connectivity index (χ4n) is 2.27. The summed E-state index contributed by atoms with van der Waals surface area (Å²) >= 11 is 0. The van der Waals surface area contributed by atoms with Gasteiger partial charge in [-0.3, -0.25) is 4.79 Å². The van der Waals surface area contributed by atoms with Crippen LogP contribution in [0.25, 0.3) is 0 Å². The summed E-state index contributed by atoms with van der Waals surface area (Å²) in [5.74, 6) is 1.10. The number of pyridine rings is 1. The third-order valence-corrected chi connectivity index (χ3v) is 3.58. The number of anilines is 1. The first kappa shape index (κ1) is 17.4. The summed E-state index contributed by atoms with van der Waals surface area (Å²) in [7, 11) is 1.60. The van der Waals surface area contributed by atoms with Crippen LogP contribution < -0.4 is 14.8 Å². The van der Waals surface area contributed by atoms with E-state index in [1.165, 1.54) is 30.5 Å². The van der Waals surface area contributed by atoms with Crippen LogP contribution in [-0.4, -0.2) is 18.0 Å². The maximum atomic E-state index is 12.9. The maximum absolute atomic E-state index is 12.9. The Balaban J connectivity index is 1.56. The summed E-state index contributed by atoms with van der Waals surface area (Å²) in [6, 6.07) is 16.3. The van der Waals surface area contributed by atoms with Crippen LogP contribution in [-0.2, 0) is 11.2 Å². The van der Waals surface area contributed by atoms with Crippen molar-refractivity contribution in [2.24, 2.45) is 0 Å². The number of amides is 1. The molecule has 1 heterocycles. The van der Waals surface area contributed by atoms with Gasteiger partial charge in [-0.15, -0.1) is 0 Å². The zero-order valence-electron chi connectivity index (χ0n) is 14.1. The second kappa shape index (κ2) is 8.11. The van der Waals surface area contributed by atoms with Crippen molar-refractivity contribution in [3.63, 3.8) is 0 Å². The number of methoxy groups -OCH3 is 1. The summed E-state index contributed by atoms with van der Waals surface area (Å²) in [4.78, 5) is 16.2. The van der Waals surface area contributed by atoms with Crippen LogP contribution in [0.4, 0.5) is 10.1 Å². The number of nitrogens with one attached hydrogen (secondary N) is 1. The Morgan fingerprint density at radius 3 is 2.31 bits per heavy atom. The average Bonchev–Trinajstić information content (AvgIpc) is 2.66. The highest BCUT2D eigenvalue weighted by Crippen LogP contribution is 2.20. The molecule has 0 aliphatic rings. The Labute approximate surface area is 150 Å². The quantitative estimate of drug-likeness (QED) is 0.722. The SMILES string of the molecule is COc1ccc(CC(=O)Nc2ccc(Oc3ccc(F)cc3)nc2)cc1. The van der Waals surface area contributed by atoms with E-state index >= 15 is 0 Å². The molecule has 0 bridgehead atoms. The van der Waals surface area contributed by atoms with E-state index in [-0.39, 0.29) is 18.1 Å². The Bertz CT molecular complexity index is 863. The average molecular weight is 352 g/mol. The van der Waals surface area contributed by atoms with Crippen LogP contribution >= 0.6 is 0 Å². The highest BCUT2D eigenvalue weighted by molar-refractivity contribution is 5.92. The number of halogens is 1.